The number of nitrogens with zero attached hydrogens (tertiary/aromatic N) is 3. The van der Waals surface area contributed by atoms with Crippen molar-refractivity contribution >= 4 is 39.7 Å². The number of H-pyrrole nitrogens is 2. The maximum Gasteiger partial charge on any atom is 0.227 e. The Labute approximate surface area is 255 Å². The lowest BCUT2D eigenvalue weighted by Crippen LogP contribution is -2.35. The number of piperidine rings is 1. The van der Waals surface area contributed by atoms with E-state index in [4.69, 9.17) is 10.8 Å². The van der Waals surface area contributed by atoms with Gasteiger partial charge in [0.1, 0.15) is 11.5 Å². The van der Waals surface area contributed by atoms with Crippen molar-refractivity contribution in [3.63, 3.8) is 0 Å². The third-order valence-corrected chi connectivity index (χ3v) is 8.29. The van der Waals surface area contributed by atoms with Crippen molar-refractivity contribution in [2.24, 2.45) is 11.7 Å². The third-order valence-electron chi connectivity index (χ3n) is 8.29. The first-order valence-electron chi connectivity index (χ1n) is 14.8. The molecule has 1 amide bonds. The van der Waals surface area contributed by atoms with E-state index in [9.17, 15) is 9.18 Å². The molecule has 8 nitrogen and oxygen atoms in total. The molecular formula is C35H36FN7O. The molecule has 1 aliphatic rings. The summed E-state index contributed by atoms with van der Waals surface area (Å²) in [5.74, 6) is -0.256. The predicted molar refractivity (Wildman–Crippen MR) is 175 cm³/mol. The first-order valence-corrected chi connectivity index (χ1v) is 14.8. The van der Waals surface area contributed by atoms with Crippen LogP contribution in [0.4, 0.5) is 10.1 Å². The van der Waals surface area contributed by atoms with Crippen LogP contribution in [0.15, 0.2) is 73.2 Å². The van der Waals surface area contributed by atoms with E-state index in [1.54, 1.807) is 30.7 Å². The van der Waals surface area contributed by atoms with E-state index in [0.29, 0.717) is 5.69 Å². The molecule has 224 valence electrons. The summed E-state index contributed by atoms with van der Waals surface area (Å²) >= 11 is 0. The summed E-state index contributed by atoms with van der Waals surface area (Å²) in [7, 11) is 2.08. The highest BCUT2D eigenvalue weighted by atomic mass is 19.1. The molecule has 0 spiro atoms. The topological polar surface area (TPSA) is 116 Å². The van der Waals surface area contributed by atoms with Crippen LogP contribution in [0.2, 0.25) is 0 Å². The third kappa shape index (κ3) is 5.91. The molecular weight excluding hydrogens is 553 g/mol. The zero-order valence-electron chi connectivity index (χ0n) is 25.1. The Bertz CT molecular complexity index is 1980. The van der Waals surface area contributed by atoms with Crippen LogP contribution in [0, 0.1) is 11.7 Å². The lowest BCUT2D eigenvalue weighted by Gasteiger charge is -2.28. The van der Waals surface area contributed by atoms with Gasteiger partial charge in [0.25, 0.3) is 0 Å². The van der Waals surface area contributed by atoms with Gasteiger partial charge in [-0.05, 0) is 99.9 Å². The second-order valence-corrected chi connectivity index (χ2v) is 11.6. The molecule has 1 saturated heterocycles. The van der Waals surface area contributed by atoms with Crippen LogP contribution in [0.25, 0.3) is 50.6 Å². The van der Waals surface area contributed by atoms with E-state index in [1.165, 1.54) is 12.1 Å². The van der Waals surface area contributed by atoms with Gasteiger partial charge in [-0.15, -0.1) is 0 Å². The summed E-state index contributed by atoms with van der Waals surface area (Å²) in [5, 5.41) is 13.7. The van der Waals surface area contributed by atoms with Crippen LogP contribution >= 0.6 is 0 Å². The van der Waals surface area contributed by atoms with E-state index in [-0.39, 0.29) is 17.6 Å². The zero-order valence-corrected chi connectivity index (χ0v) is 25.1. The molecule has 0 aliphatic carbocycles. The molecule has 44 heavy (non-hydrogen) atoms. The summed E-state index contributed by atoms with van der Waals surface area (Å²) in [4.78, 5) is 23.1. The van der Waals surface area contributed by atoms with Gasteiger partial charge in [0.05, 0.1) is 22.9 Å². The lowest BCUT2D eigenvalue weighted by atomic mass is 9.96. The predicted octanol–water partition coefficient (Wildman–Crippen LogP) is 5.01. The van der Waals surface area contributed by atoms with Crippen molar-refractivity contribution < 1.29 is 9.18 Å². The summed E-state index contributed by atoms with van der Waals surface area (Å²) < 4.78 is 13.6. The Balaban J connectivity index is 1.37. The minimum Gasteiger partial charge on any atom is -0.404 e. The summed E-state index contributed by atoms with van der Waals surface area (Å²) in [5.41, 5.74) is 13.8. The van der Waals surface area contributed by atoms with Crippen LogP contribution in [-0.4, -0.2) is 51.1 Å². The Morgan fingerprint density at radius 1 is 1.09 bits per heavy atom. The number of anilines is 1. The van der Waals surface area contributed by atoms with Crippen molar-refractivity contribution in [1.29, 1.82) is 0 Å². The number of hydrogen-bond donors (Lipinski definition) is 4. The van der Waals surface area contributed by atoms with Crippen LogP contribution in [0.5, 0.6) is 0 Å². The Morgan fingerprint density at radius 3 is 2.59 bits per heavy atom. The molecule has 0 unspecified atom stereocenters. The van der Waals surface area contributed by atoms with E-state index < -0.39 is 0 Å². The molecule has 6 rings (SSSR count). The molecule has 0 saturated carbocycles. The highest BCUT2D eigenvalue weighted by Crippen LogP contribution is 2.31. The SMILES string of the molecule is CC(C)=c1[nH]nc(-c2cc3c(-c4ccc(F)cc4)cccc3[nH]2)/c1=C/C(=C\N)c1cncc(NC(=O)C2CCN(C)CC2)c1. The molecule has 5 aromatic rings. The molecule has 0 bridgehead atoms. The number of rotatable bonds is 6. The van der Waals surface area contributed by atoms with Gasteiger partial charge >= 0.3 is 0 Å². The second-order valence-electron chi connectivity index (χ2n) is 11.6. The summed E-state index contributed by atoms with van der Waals surface area (Å²) in [6.07, 6.45) is 8.62. The van der Waals surface area contributed by atoms with Crippen molar-refractivity contribution in [3.05, 3.63) is 95.1 Å². The lowest BCUT2D eigenvalue weighted by molar-refractivity contribution is -0.121. The first-order chi connectivity index (χ1) is 21.3. The number of benzene rings is 2. The van der Waals surface area contributed by atoms with Gasteiger partial charge in [-0.1, -0.05) is 29.8 Å². The number of hydrogen-bond acceptors (Lipinski definition) is 5. The number of nitrogens with two attached hydrogens (primary N) is 1. The van der Waals surface area contributed by atoms with Crippen molar-refractivity contribution in [3.8, 4) is 22.5 Å². The van der Waals surface area contributed by atoms with Crippen LogP contribution in [0.3, 0.4) is 0 Å². The minimum atomic E-state index is -0.268. The van der Waals surface area contributed by atoms with Crippen LogP contribution in [-0.2, 0) is 4.79 Å². The normalized spacial score (nSPS) is 15.2. The number of carbonyl (C=O) groups is 1. The zero-order chi connectivity index (χ0) is 30.8. The van der Waals surface area contributed by atoms with Gasteiger partial charge in [-0.3, -0.25) is 14.9 Å². The van der Waals surface area contributed by atoms with Crippen LogP contribution < -0.4 is 21.6 Å². The maximum absolute atomic E-state index is 13.6. The molecule has 2 aromatic carbocycles. The fourth-order valence-corrected chi connectivity index (χ4v) is 5.81. The fourth-order valence-electron chi connectivity index (χ4n) is 5.81. The van der Waals surface area contributed by atoms with Crippen molar-refractivity contribution in [2.45, 2.75) is 26.7 Å². The molecule has 5 N–H and O–H groups in total. The highest BCUT2D eigenvalue weighted by molar-refractivity contribution is 5.98. The Kier molecular flexibility index (Phi) is 8.13. The van der Waals surface area contributed by atoms with Gasteiger partial charge < -0.3 is 20.9 Å². The van der Waals surface area contributed by atoms with Gasteiger partial charge in [0, 0.05) is 40.0 Å². The van der Waals surface area contributed by atoms with Gasteiger partial charge in [0.15, 0.2) is 0 Å². The molecule has 1 fully saturated rings. The second kappa shape index (κ2) is 12.3. The molecule has 1 aliphatic heterocycles. The molecule has 0 radical (unpaired) electrons. The Hall–Kier alpha value is -5.02. The largest absolute Gasteiger partial charge is 0.404 e. The van der Waals surface area contributed by atoms with Gasteiger partial charge in [-0.2, -0.15) is 5.10 Å². The quantitative estimate of drug-likeness (QED) is 0.222. The molecule has 4 heterocycles. The number of aromatic nitrogens is 4. The number of halogens is 1. The monoisotopic (exact) mass is 589 g/mol. The van der Waals surface area contributed by atoms with Gasteiger partial charge in [-0.25, -0.2) is 4.39 Å². The molecule has 3 aromatic heterocycles. The van der Waals surface area contributed by atoms with E-state index in [0.717, 1.165) is 86.6 Å². The van der Waals surface area contributed by atoms with Gasteiger partial charge in [0.2, 0.25) is 5.91 Å². The molecule has 9 heteroatoms. The summed E-state index contributed by atoms with van der Waals surface area (Å²) in [6.45, 7) is 5.88. The number of aromatic amines is 2. The average Bonchev–Trinajstić information content (AvgIpc) is 3.65. The standard InChI is InChI=1S/C35H36FN7O/c1-21(2)33-30(16-24(18-37)25-15-27(20-38-19-25)39-35(44)23-11-13-43(3)14-12-23)34(42-41-33)32-17-29-28(5-4-6-31(29)40-32)22-7-9-26(36)10-8-22/h4-10,15-20,23,40-41H,11-14,37H2,1-3H3,(H,39,44)/b24-18+,30-16+. The number of carbonyl (C=O) groups excluding carboxylic acids is 1. The number of amides is 1. The smallest absolute Gasteiger partial charge is 0.227 e. The fraction of sp³-hybridized carbons (Fsp3) is 0.229. The minimum absolute atomic E-state index is 0.00932. The van der Waals surface area contributed by atoms with E-state index >= 15 is 0 Å². The number of allylic oxidation sites excluding steroid dienone is 1. The number of nitrogens with one attached hydrogen (secondary N) is 3. The average molecular weight is 590 g/mol. The number of fused-ring (bicyclic) bond motifs is 1. The number of pyridine rings is 1. The highest BCUT2D eigenvalue weighted by Gasteiger charge is 2.23. The van der Waals surface area contributed by atoms with Crippen LogP contribution in [0.1, 0.15) is 32.3 Å². The van der Waals surface area contributed by atoms with E-state index in [2.05, 4.69) is 38.4 Å². The Morgan fingerprint density at radius 2 is 1.86 bits per heavy atom. The first kappa shape index (κ1) is 29.1. The summed E-state index contributed by atoms with van der Waals surface area (Å²) in [6, 6.07) is 16.5. The van der Waals surface area contributed by atoms with Crippen molar-refractivity contribution in [2.75, 3.05) is 25.5 Å². The van der Waals surface area contributed by atoms with Crippen molar-refractivity contribution in [1.82, 2.24) is 25.1 Å². The molecule has 0 atom stereocenters. The maximum atomic E-state index is 13.6. The van der Waals surface area contributed by atoms with E-state index in [1.807, 2.05) is 44.2 Å². The number of likely N-dealkylation sites (tertiary alicyclic amines) is 1.